The molecule has 0 aliphatic heterocycles. The van der Waals surface area contributed by atoms with E-state index in [2.05, 4.69) is 0 Å². The molecule has 3 aromatic carbocycles. The summed E-state index contributed by atoms with van der Waals surface area (Å²) >= 11 is 0. The molecule has 37 heavy (non-hydrogen) atoms. The number of hydrogen-bond donors (Lipinski definition) is 1. The number of amides is 1. The lowest BCUT2D eigenvalue weighted by molar-refractivity contribution is -0.116. The van der Waals surface area contributed by atoms with Crippen LogP contribution in [-0.2, 0) is 21.2 Å². The Labute approximate surface area is 213 Å². The van der Waals surface area contributed by atoms with Crippen LogP contribution in [0.4, 0.5) is 14.5 Å². The second-order valence-electron chi connectivity index (χ2n) is 7.71. The van der Waals surface area contributed by atoms with E-state index in [1.165, 1.54) is 64.8 Å². The Morgan fingerprint density at radius 3 is 2.03 bits per heavy atom. The number of carbonyl (C=O) groups is 1. The minimum atomic E-state index is -4.51. The van der Waals surface area contributed by atoms with Gasteiger partial charge in [0.1, 0.15) is 29.7 Å². The second kappa shape index (κ2) is 11.3. The molecule has 0 radical (unpaired) electrons. The molecular formula is C25H26F2N2O7S. The van der Waals surface area contributed by atoms with Crippen LogP contribution < -0.4 is 29.0 Å². The highest BCUT2D eigenvalue weighted by Crippen LogP contribution is 2.41. The van der Waals surface area contributed by atoms with Gasteiger partial charge in [-0.05, 0) is 35.9 Å². The highest BCUT2D eigenvalue weighted by atomic mass is 32.2. The largest absolute Gasteiger partial charge is 0.497 e. The average Bonchev–Trinajstić information content (AvgIpc) is 2.88. The van der Waals surface area contributed by atoms with E-state index in [9.17, 15) is 22.0 Å². The summed E-state index contributed by atoms with van der Waals surface area (Å²) < 4.78 is 78.7. The van der Waals surface area contributed by atoms with Gasteiger partial charge in [0.2, 0.25) is 5.91 Å². The van der Waals surface area contributed by atoms with E-state index in [4.69, 9.17) is 24.7 Å². The van der Waals surface area contributed by atoms with Crippen LogP contribution >= 0.6 is 0 Å². The molecule has 0 atom stereocenters. The summed E-state index contributed by atoms with van der Waals surface area (Å²) in [4.78, 5) is 11.8. The number of rotatable bonds is 11. The first-order chi connectivity index (χ1) is 17.6. The van der Waals surface area contributed by atoms with Crippen molar-refractivity contribution in [1.29, 1.82) is 0 Å². The zero-order valence-corrected chi connectivity index (χ0v) is 21.4. The van der Waals surface area contributed by atoms with Gasteiger partial charge in [-0.3, -0.25) is 9.10 Å². The standard InChI is InChI=1S/C25H26F2N2O7S/c1-33-16-10-15(11-18-19(26)6-5-7-20(18)27)25(23(12-16)36-4)29(14-24(28)30)37(31,32)17-8-9-21(34-2)22(13-17)35-3/h5-10,12-13H,11,14H2,1-4H3,(H2,28,30). The SMILES string of the molecule is COc1cc(Cc2c(F)cccc2F)c(N(CC(N)=O)S(=O)(=O)c2ccc(OC)c(OC)c2)c(OC)c1. The molecule has 0 aromatic heterocycles. The summed E-state index contributed by atoms with van der Waals surface area (Å²) in [6, 6.07) is 10.0. The number of hydrogen-bond acceptors (Lipinski definition) is 7. The van der Waals surface area contributed by atoms with Crippen LogP contribution in [0.2, 0.25) is 0 Å². The summed E-state index contributed by atoms with van der Waals surface area (Å²) in [6.45, 7) is -0.799. The van der Waals surface area contributed by atoms with Gasteiger partial charge in [0.05, 0.1) is 39.0 Å². The molecule has 3 aromatic rings. The van der Waals surface area contributed by atoms with E-state index in [0.29, 0.717) is 0 Å². The fourth-order valence-electron chi connectivity index (χ4n) is 3.75. The lowest BCUT2D eigenvalue weighted by Gasteiger charge is -2.28. The molecule has 0 bridgehead atoms. The van der Waals surface area contributed by atoms with E-state index < -0.39 is 40.5 Å². The number of carbonyl (C=O) groups excluding carboxylic acids is 1. The van der Waals surface area contributed by atoms with E-state index in [1.807, 2.05) is 0 Å². The third-order valence-corrected chi connectivity index (χ3v) is 7.25. The number of benzene rings is 3. The maximum Gasteiger partial charge on any atom is 0.265 e. The van der Waals surface area contributed by atoms with E-state index in [-0.39, 0.29) is 44.7 Å². The Kier molecular flexibility index (Phi) is 8.43. The Bertz CT molecular complexity index is 1390. The fourth-order valence-corrected chi connectivity index (χ4v) is 5.25. The van der Waals surface area contributed by atoms with Crippen LogP contribution in [0.5, 0.6) is 23.0 Å². The number of primary amides is 1. The van der Waals surface area contributed by atoms with Gasteiger partial charge in [-0.1, -0.05) is 6.07 Å². The van der Waals surface area contributed by atoms with Gasteiger partial charge < -0.3 is 24.7 Å². The normalized spacial score (nSPS) is 11.1. The number of anilines is 1. The molecule has 0 heterocycles. The first kappa shape index (κ1) is 27.5. The molecule has 3 rings (SSSR count). The highest BCUT2D eigenvalue weighted by Gasteiger charge is 2.32. The predicted molar refractivity (Wildman–Crippen MR) is 132 cm³/mol. The van der Waals surface area contributed by atoms with Gasteiger partial charge in [0, 0.05) is 24.1 Å². The minimum absolute atomic E-state index is 0.0311. The molecule has 0 fully saturated rings. The molecule has 12 heteroatoms. The van der Waals surface area contributed by atoms with Gasteiger partial charge in [0.25, 0.3) is 10.0 Å². The fraction of sp³-hybridized carbons (Fsp3) is 0.240. The van der Waals surface area contributed by atoms with Crippen molar-refractivity contribution in [3.63, 3.8) is 0 Å². The topological polar surface area (TPSA) is 117 Å². The van der Waals surface area contributed by atoms with Crippen molar-refractivity contribution in [3.8, 4) is 23.0 Å². The summed E-state index contributed by atoms with van der Waals surface area (Å²) in [5, 5.41) is 0. The van der Waals surface area contributed by atoms with Crippen molar-refractivity contribution < 1.29 is 40.9 Å². The van der Waals surface area contributed by atoms with Crippen molar-refractivity contribution in [2.24, 2.45) is 5.73 Å². The third-order valence-electron chi connectivity index (χ3n) is 5.50. The maximum atomic E-state index is 14.6. The Morgan fingerprint density at radius 2 is 1.49 bits per heavy atom. The smallest absolute Gasteiger partial charge is 0.265 e. The van der Waals surface area contributed by atoms with Crippen molar-refractivity contribution in [2.45, 2.75) is 11.3 Å². The summed E-state index contributed by atoms with van der Waals surface area (Å²) in [7, 11) is 0.861. The zero-order valence-electron chi connectivity index (χ0n) is 20.6. The minimum Gasteiger partial charge on any atom is -0.497 e. The van der Waals surface area contributed by atoms with E-state index in [0.717, 1.165) is 16.4 Å². The monoisotopic (exact) mass is 536 g/mol. The first-order valence-electron chi connectivity index (χ1n) is 10.8. The lowest BCUT2D eigenvalue weighted by atomic mass is 10.0. The molecular weight excluding hydrogens is 510 g/mol. The Hall–Kier alpha value is -4.06. The number of nitrogens with two attached hydrogens (primary N) is 1. The van der Waals surface area contributed by atoms with Gasteiger partial charge in [0.15, 0.2) is 11.5 Å². The predicted octanol–water partition coefficient (Wildman–Crippen LogP) is 3.27. The van der Waals surface area contributed by atoms with Crippen LogP contribution in [0.3, 0.4) is 0 Å². The van der Waals surface area contributed by atoms with Crippen molar-refractivity contribution in [1.82, 2.24) is 0 Å². The maximum absolute atomic E-state index is 14.6. The van der Waals surface area contributed by atoms with Crippen LogP contribution in [0.25, 0.3) is 0 Å². The van der Waals surface area contributed by atoms with Gasteiger partial charge in [-0.15, -0.1) is 0 Å². The summed E-state index contributed by atoms with van der Waals surface area (Å²) in [5.41, 5.74) is 5.08. The van der Waals surface area contributed by atoms with E-state index >= 15 is 0 Å². The van der Waals surface area contributed by atoms with Gasteiger partial charge in [-0.2, -0.15) is 0 Å². The molecule has 0 saturated heterocycles. The molecule has 0 aliphatic rings. The number of sulfonamides is 1. The van der Waals surface area contributed by atoms with Crippen LogP contribution in [0.15, 0.2) is 53.4 Å². The molecule has 0 saturated carbocycles. The summed E-state index contributed by atoms with van der Waals surface area (Å²) in [6.07, 6.45) is -0.391. The Morgan fingerprint density at radius 1 is 0.865 bits per heavy atom. The number of nitrogens with zero attached hydrogens (tertiary/aromatic N) is 1. The molecule has 0 spiro atoms. The molecule has 9 nitrogen and oxygen atoms in total. The Balaban J connectivity index is 2.31. The average molecular weight is 537 g/mol. The number of ether oxygens (including phenoxy) is 4. The highest BCUT2D eigenvalue weighted by molar-refractivity contribution is 7.92. The quantitative estimate of drug-likeness (QED) is 0.400. The summed E-state index contributed by atoms with van der Waals surface area (Å²) in [5.74, 6) is -2.05. The van der Waals surface area contributed by atoms with Crippen LogP contribution in [0.1, 0.15) is 11.1 Å². The van der Waals surface area contributed by atoms with Crippen molar-refractivity contribution in [3.05, 3.63) is 71.3 Å². The lowest BCUT2D eigenvalue weighted by Crippen LogP contribution is -2.39. The number of methoxy groups -OCH3 is 4. The molecule has 198 valence electrons. The zero-order chi connectivity index (χ0) is 27.3. The second-order valence-corrected chi connectivity index (χ2v) is 9.57. The van der Waals surface area contributed by atoms with Crippen molar-refractivity contribution >= 4 is 21.6 Å². The van der Waals surface area contributed by atoms with Crippen LogP contribution in [-0.4, -0.2) is 49.3 Å². The third kappa shape index (κ3) is 5.69. The van der Waals surface area contributed by atoms with Gasteiger partial charge >= 0.3 is 0 Å². The van der Waals surface area contributed by atoms with Crippen molar-refractivity contribution in [2.75, 3.05) is 39.3 Å². The molecule has 2 N–H and O–H groups in total. The van der Waals surface area contributed by atoms with Crippen LogP contribution in [0, 0.1) is 11.6 Å². The number of halogens is 2. The van der Waals surface area contributed by atoms with E-state index in [1.54, 1.807) is 0 Å². The first-order valence-corrected chi connectivity index (χ1v) is 12.2. The molecule has 1 amide bonds. The molecule has 0 aliphatic carbocycles. The van der Waals surface area contributed by atoms with Gasteiger partial charge in [-0.25, -0.2) is 17.2 Å². The molecule has 0 unspecified atom stereocenters.